The third-order valence-corrected chi connectivity index (χ3v) is 3.42. The van der Waals surface area contributed by atoms with E-state index in [0.717, 1.165) is 50.7 Å². The van der Waals surface area contributed by atoms with E-state index in [0.29, 0.717) is 0 Å². The van der Waals surface area contributed by atoms with Crippen LogP contribution >= 0.6 is 0 Å². The number of hydrogen-bond acceptors (Lipinski definition) is 2. The molecule has 18 heavy (non-hydrogen) atoms. The number of rotatable bonds is 4. The van der Waals surface area contributed by atoms with Crippen molar-refractivity contribution in [1.29, 1.82) is 0 Å². The van der Waals surface area contributed by atoms with Crippen LogP contribution in [0.4, 0.5) is 8.78 Å². The smallest absolute Gasteiger partial charge is 0.126 e. The molecule has 0 spiro atoms. The summed E-state index contributed by atoms with van der Waals surface area (Å²) in [5.41, 5.74) is 0.760. The fourth-order valence-corrected chi connectivity index (χ4v) is 2.59. The Bertz CT molecular complexity index is 369. The summed E-state index contributed by atoms with van der Waals surface area (Å²) in [6, 6.07) is 3.99. The van der Waals surface area contributed by atoms with E-state index >= 15 is 0 Å². The molecule has 0 aliphatic carbocycles. The van der Waals surface area contributed by atoms with Gasteiger partial charge < -0.3 is 5.32 Å². The highest BCUT2D eigenvalue weighted by Crippen LogP contribution is 2.27. The fraction of sp³-hybridized carbons (Fsp3) is 0.571. The maximum absolute atomic E-state index is 13.3. The number of nitrogens with one attached hydrogen (secondary N) is 1. The van der Waals surface area contributed by atoms with Gasteiger partial charge in [0.2, 0.25) is 0 Å². The SMILES string of the molecule is CCC[C@H](c1cc(F)cc(F)c1)N1CCNCC1. The molecule has 2 rings (SSSR count). The van der Waals surface area contributed by atoms with Gasteiger partial charge in [0.25, 0.3) is 0 Å². The van der Waals surface area contributed by atoms with Crippen LogP contribution in [0.15, 0.2) is 18.2 Å². The van der Waals surface area contributed by atoms with Gasteiger partial charge in [0.1, 0.15) is 11.6 Å². The predicted molar refractivity (Wildman–Crippen MR) is 68.4 cm³/mol. The average Bonchev–Trinajstić information content (AvgIpc) is 2.36. The zero-order valence-corrected chi connectivity index (χ0v) is 10.8. The zero-order chi connectivity index (χ0) is 13.0. The summed E-state index contributed by atoms with van der Waals surface area (Å²) >= 11 is 0. The number of halogens is 2. The van der Waals surface area contributed by atoms with E-state index in [1.165, 1.54) is 12.1 Å². The van der Waals surface area contributed by atoms with Gasteiger partial charge in [-0.15, -0.1) is 0 Å². The first-order chi connectivity index (χ1) is 8.70. The van der Waals surface area contributed by atoms with Crippen LogP contribution in [0.25, 0.3) is 0 Å². The number of piperazine rings is 1. The molecule has 0 saturated carbocycles. The maximum Gasteiger partial charge on any atom is 0.126 e. The van der Waals surface area contributed by atoms with Crippen molar-refractivity contribution < 1.29 is 8.78 Å². The van der Waals surface area contributed by atoms with Gasteiger partial charge in [-0.3, -0.25) is 4.90 Å². The second-order valence-electron chi connectivity index (χ2n) is 4.79. The maximum atomic E-state index is 13.3. The fourth-order valence-electron chi connectivity index (χ4n) is 2.59. The van der Waals surface area contributed by atoms with Crippen LogP contribution < -0.4 is 5.32 Å². The Morgan fingerprint density at radius 3 is 2.33 bits per heavy atom. The lowest BCUT2D eigenvalue weighted by Crippen LogP contribution is -2.45. The molecule has 1 aromatic carbocycles. The second kappa shape index (κ2) is 6.25. The van der Waals surface area contributed by atoms with Gasteiger partial charge in [0.05, 0.1) is 0 Å². The molecule has 0 unspecified atom stereocenters. The molecule has 0 amide bonds. The van der Waals surface area contributed by atoms with Gasteiger partial charge in [-0.1, -0.05) is 13.3 Å². The van der Waals surface area contributed by atoms with Gasteiger partial charge in [0.15, 0.2) is 0 Å². The topological polar surface area (TPSA) is 15.3 Å². The van der Waals surface area contributed by atoms with Crippen molar-refractivity contribution in [3.05, 3.63) is 35.4 Å². The highest BCUT2D eigenvalue weighted by molar-refractivity contribution is 5.21. The monoisotopic (exact) mass is 254 g/mol. The lowest BCUT2D eigenvalue weighted by Gasteiger charge is -2.35. The molecular formula is C14H20F2N2. The van der Waals surface area contributed by atoms with Gasteiger partial charge in [-0.2, -0.15) is 0 Å². The largest absolute Gasteiger partial charge is 0.314 e. The van der Waals surface area contributed by atoms with E-state index < -0.39 is 11.6 Å². The Hall–Kier alpha value is -1.00. The van der Waals surface area contributed by atoms with Crippen LogP contribution in [-0.4, -0.2) is 31.1 Å². The molecule has 4 heteroatoms. The molecular weight excluding hydrogens is 234 g/mol. The molecule has 100 valence electrons. The number of benzene rings is 1. The lowest BCUT2D eigenvalue weighted by molar-refractivity contribution is 0.164. The third-order valence-electron chi connectivity index (χ3n) is 3.42. The molecule has 1 heterocycles. The normalized spacial score (nSPS) is 18.8. The first-order valence-electron chi connectivity index (χ1n) is 6.61. The molecule has 1 aliphatic rings. The zero-order valence-electron chi connectivity index (χ0n) is 10.8. The van der Waals surface area contributed by atoms with Crippen molar-refractivity contribution in [2.45, 2.75) is 25.8 Å². The van der Waals surface area contributed by atoms with Crippen LogP contribution in [-0.2, 0) is 0 Å². The van der Waals surface area contributed by atoms with E-state index in [-0.39, 0.29) is 6.04 Å². The highest BCUT2D eigenvalue weighted by Gasteiger charge is 2.22. The lowest BCUT2D eigenvalue weighted by atomic mass is 9.99. The van der Waals surface area contributed by atoms with Gasteiger partial charge in [-0.05, 0) is 24.1 Å². The minimum absolute atomic E-state index is 0.127. The molecule has 1 saturated heterocycles. The van der Waals surface area contributed by atoms with Crippen molar-refractivity contribution in [1.82, 2.24) is 10.2 Å². The van der Waals surface area contributed by atoms with Gasteiger partial charge >= 0.3 is 0 Å². The minimum Gasteiger partial charge on any atom is -0.314 e. The van der Waals surface area contributed by atoms with Crippen molar-refractivity contribution >= 4 is 0 Å². The van der Waals surface area contributed by atoms with E-state index in [2.05, 4.69) is 17.1 Å². The van der Waals surface area contributed by atoms with Crippen LogP contribution in [0.1, 0.15) is 31.4 Å². The van der Waals surface area contributed by atoms with Crippen molar-refractivity contribution in [3.63, 3.8) is 0 Å². The van der Waals surface area contributed by atoms with E-state index in [1.54, 1.807) is 0 Å². The predicted octanol–water partition coefficient (Wildman–Crippen LogP) is 2.71. The third kappa shape index (κ3) is 3.27. The summed E-state index contributed by atoms with van der Waals surface area (Å²) in [5, 5.41) is 3.30. The average molecular weight is 254 g/mol. The Morgan fingerprint density at radius 2 is 1.78 bits per heavy atom. The van der Waals surface area contributed by atoms with Crippen LogP contribution in [0.3, 0.4) is 0 Å². The van der Waals surface area contributed by atoms with Crippen LogP contribution in [0.2, 0.25) is 0 Å². The van der Waals surface area contributed by atoms with E-state index in [4.69, 9.17) is 0 Å². The van der Waals surface area contributed by atoms with Gasteiger partial charge in [0, 0.05) is 38.3 Å². The molecule has 1 aliphatic heterocycles. The number of nitrogens with zero attached hydrogens (tertiary/aromatic N) is 1. The van der Waals surface area contributed by atoms with Crippen molar-refractivity contribution in [3.8, 4) is 0 Å². The van der Waals surface area contributed by atoms with Crippen LogP contribution in [0, 0.1) is 11.6 Å². The molecule has 0 aromatic heterocycles. The summed E-state index contributed by atoms with van der Waals surface area (Å²) in [5.74, 6) is -0.970. The van der Waals surface area contributed by atoms with E-state index in [9.17, 15) is 8.78 Å². The highest BCUT2D eigenvalue weighted by atomic mass is 19.1. The summed E-state index contributed by atoms with van der Waals surface area (Å²) < 4.78 is 26.6. The number of hydrogen-bond donors (Lipinski definition) is 1. The van der Waals surface area contributed by atoms with E-state index in [1.807, 2.05) is 0 Å². The van der Waals surface area contributed by atoms with Crippen molar-refractivity contribution in [2.75, 3.05) is 26.2 Å². The first kappa shape index (κ1) is 13.4. The minimum atomic E-state index is -0.485. The Morgan fingerprint density at radius 1 is 1.17 bits per heavy atom. The second-order valence-corrected chi connectivity index (χ2v) is 4.79. The summed E-state index contributed by atoms with van der Waals surface area (Å²) in [4.78, 5) is 2.31. The Labute approximate surface area is 107 Å². The Balaban J connectivity index is 2.22. The van der Waals surface area contributed by atoms with Crippen LogP contribution in [0.5, 0.6) is 0 Å². The summed E-state index contributed by atoms with van der Waals surface area (Å²) in [6.45, 7) is 5.85. The first-order valence-corrected chi connectivity index (χ1v) is 6.61. The summed E-state index contributed by atoms with van der Waals surface area (Å²) in [7, 11) is 0. The molecule has 0 radical (unpaired) electrons. The molecule has 2 nitrogen and oxygen atoms in total. The molecule has 1 aromatic rings. The molecule has 1 N–H and O–H groups in total. The quantitative estimate of drug-likeness (QED) is 0.888. The van der Waals surface area contributed by atoms with Gasteiger partial charge in [-0.25, -0.2) is 8.78 Å². The Kier molecular flexibility index (Phi) is 4.66. The standard InChI is InChI=1S/C14H20F2N2/c1-2-3-14(18-6-4-17-5-7-18)11-8-12(15)10-13(16)9-11/h8-10,14,17H,2-7H2,1H3/t14-/m1/s1. The molecule has 0 bridgehead atoms. The summed E-state index contributed by atoms with van der Waals surface area (Å²) in [6.07, 6.45) is 1.94. The molecule has 1 fully saturated rings. The van der Waals surface area contributed by atoms with Crippen molar-refractivity contribution in [2.24, 2.45) is 0 Å². The molecule has 1 atom stereocenters.